The number of hydrogen-bond acceptors (Lipinski definition) is 6. The largest absolute Gasteiger partial charge is 0.373 e. The molecule has 11 heavy (non-hydrogen) atoms. The third-order valence-electron chi connectivity index (χ3n) is 0.933. The van der Waals surface area contributed by atoms with Gasteiger partial charge in [-0.1, -0.05) is 0 Å². The lowest BCUT2D eigenvalue weighted by atomic mass is 10.5. The zero-order chi connectivity index (χ0) is 8.43. The van der Waals surface area contributed by atoms with E-state index >= 15 is 0 Å². The van der Waals surface area contributed by atoms with Crippen molar-refractivity contribution in [2.75, 3.05) is 0 Å². The highest BCUT2D eigenvalue weighted by atomic mass is 33.1. The molecule has 1 aliphatic rings. The number of aliphatic hydroxyl groups is 2. The molecule has 0 bridgehead atoms. The van der Waals surface area contributed by atoms with E-state index in [1.807, 2.05) is 5.32 Å². The number of amides is 2. The number of carbonyl (C=O) groups excluding carboxylic acids is 2. The lowest BCUT2D eigenvalue weighted by Crippen LogP contribution is -2.38. The van der Waals surface area contributed by atoms with Crippen molar-refractivity contribution < 1.29 is 19.8 Å². The minimum Gasteiger partial charge on any atom is -0.373 e. The molecule has 0 aromatic carbocycles. The van der Waals surface area contributed by atoms with Gasteiger partial charge in [0.2, 0.25) is 0 Å². The van der Waals surface area contributed by atoms with Gasteiger partial charge < -0.3 is 10.2 Å². The summed E-state index contributed by atoms with van der Waals surface area (Å²) < 4.78 is 0. The zero-order valence-electron chi connectivity index (χ0n) is 5.18. The first-order valence-electron chi connectivity index (χ1n) is 2.64. The molecule has 0 radical (unpaired) electrons. The molecule has 1 saturated heterocycles. The normalized spacial score (nSPS) is 32.9. The van der Waals surface area contributed by atoms with Gasteiger partial charge in [-0.3, -0.25) is 14.9 Å². The first kappa shape index (κ1) is 8.85. The second kappa shape index (κ2) is 3.44. The molecular weight excluding hydrogens is 190 g/mol. The van der Waals surface area contributed by atoms with Crippen LogP contribution in [0, 0.1) is 0 Å². The van der Waals surface area contributed by atoms with Gasteiger partial charge in [0.05, 0.1) is 0 Å². The van der Waals surface area contributed by atoms with Crippen LogP contribution in [0.15, 0.2) is 0 Å². The molecule has 2 atom stereocenters. The van der Waals surface area contributed by atoms with E-state index in [9.17, 15) is 9.59 Å². The minimum atomic E-state index is -1.29. The van der Waals surface area contributed by atoms with E-state index < -0.39 is 22.7 Å². The maximum atomic E-state index is 10.6. The van der Waals surface area contributed by atoms with E-state index in [2.05, 4.69) is 0 Å². The average molecular weight is 195 g/mol. The van der Waals surface area contributed by atoms with Gasteiger partial charge >= 0.3 is 0 Å². The molecule has 0 aliphatic carbocycles. The topological polar surface area (TPSA) is 86.6 Å². The van der Waals surface area contributed by atoms with Crippen molar-refractivity contribution in [3.63, 3.8) is 0 Å². The molecule has 2 amide bonds. The van der Waals surface area contributed by atoms with Crippen molar-refractivity contribution in [1.29, 1.82) is 0 Å². The molecular formula is C4H5NO4S2. The highest BCUT2D eigenvalue weighted by Crippen LogP contribution is 2.30. The summed E-state index contributed by atoms with van der Waals surface area (Å²) in [6.45, 7) is 0. The van der Waals surface area contributed by atoms with Crippen LogP contribution in [0.2, 0.25) is 0 Å². The first-order valence-corrected chi connectivity index (χ1v) is 4.92. The molecule has 2 unspecified atom stereocenters. The summed E-state index contributed by atoms with van der Waals surface area (Å²) >= 11 is 0. The van der Waals surface area contributed by atoms with Crippen LogP contribution in [-0.4, -0.2) is 32.9 Å². The fourth-order valence-corrected chi connectivity index (χ4v) is 2.10. The van der Waals surface area contributed by atoms with Crippen LogP contribution in [0.25, 0.3) is 0 Å². The predicted octanol–water partition coefficient (Wildman–Crippen LogP) is -1.34. The number of nitrogens with one attached hydrogen (secondary N) is 1. The lowest BCUT2D eigenvalue weighted by molar-refractivity contribution is -0.135. The molecule has 0 aromatic rings. The van der Waals surface area contributed by atoms with Crippen molar-refractivity contribution >= 4 is 33.4 Å². The average Bonchev–Trinajstić information content (AvgIpc) is 2.05. The second-order valence-electron chi connectivity index (χ2n) is 1.75. The number of imide groups is 1. The van der Waals surface area contributed by atoms with Crippen molar-refractivity contribution in [2.45, 2.75) is 10.9 Å². The van der Waals surface area contributed by atoms with E-state index in [1.54, 1.807) is 0 Å². The van der Waals surface area contributed by atoms with Gasteiger partial charge in [-0.05, 0) is 21.6 Å². The summed E-state index contributed by atoms with van der Waals surface area (Å²) in [6, 6.07) is 0. The van der Waals surface area contributed by atoms with E-state index in [4.69, 9.17) is 10.2 Å². The minimum absolute atomic E-state index is 0.748. The number of hydrogen-bond donors (Lipinski definition) is 3. The third-order valence-corrected chi connectivity index (χ3v) is 3.26. The Balaban J connectivity index is 2.66. The number of rotatable bonds is 0. The van der Waals surface area contributed by atoms with Gasteiger partial charge in [-0.25, -0.2) is 0 Å². The van der Waals surface area contributed by atoms with Crippen LogP contribution in [0.4, 0.5) is 0 Å². The highest BCUT2D eigenvalue weighted by Gasteiger charge is 2.29. The van der Waals surface area contributed by atoms with E-state index in [1.165, 1.54) is 0 Å². The standard InChI is InChI=1S/C4H5NO4S2/c6-1-3(8)10-11-4(9)2(7)5-1/h3-4,8-9H,(H,5,6,7). The number of carbonyl (C=O) groups is 2. The Hall–Kier alpha value is -0.240. The van der Waals surface area contributed by atoms with Gasteiger partial charge in [0.15, 0.2) is 10.9 Å². The van der Waals surface area contributed by atoms with Crippen LogP contribution in [-0.2, 0) is 9.59 Å². The predicted molar refractivity (Wildman–Crippen MR) is 40.3 cm³/mol. The van der Waals surface area contributed by atoms with Crippen LogP contribution in [0.1, 0.15) is 0 Å². The Morgan fingerprint density at radius 1 is 1.09 bits per heavy atom. The quantitative estimate of drug-likeness (QED) is 0.327. The van der Waals surface area contributed by atoms with Gasteiger partial charge in [0, 0.05) is 0 Å². The van der Waals surface area contributed by atoms with Crippen LogP contribution in [0.3, 0.4) is 0 Å². The molecule has 0 saturated carbocycles. The molecule has 1 fully saturated rings. The van der Waals surface area contributed by atoms with Crippen molar-refractivity contribution in [3.05, 3.63) is 0 Å². The van der Waals surface area contributed by atoms with Crippen molar-refractivity contribution in [2.24, 2.45) is 0 Å². The van der Waals surface area contributed by atoms with E-state index in [0.717, 1.165) is 21.6 Å². The van der Waals surface area contributed by atoms with Gasteiger partial charge in [-0.2, -0.15) is 0 Å². The third kappa shape index (κ3) is 2.09. The van der Waals surface area contributed by atoms with Crippen LogP contribution < -0.4 is 5.32 Å². The molecule has 0 spiro atoms. The summed E-state index contributed by atoms with van der Waals surface area (Å²) in [7, 11) is 1.50. The Bertz CT molecular complexity index is 177. The fourth-order valence-electron chi connectivity index (χ4n) is 0.438. The van der Waals surface area contributed by atoms with E-state index in [-0.39, 0.29) is 0 Å². The molecule has 3 N–H and O–H groups in total. The van der Waals surface area contributed by atoms with Crippen molar-refractivity contribution in [3.8, 4) is 0 Å². The summed E-state index contributed by atoms with van der Waals surface area (Å²) in [5.74, 6) is -1.58. The van der Waals surface area contributed by atoms with Crippen LogP contribution in [0.5, 0.6) is 0 Å². The molecule has 62 valence electrons. The molecule has 1 aliphatic heterocycles. The van der Waals surface area contributed by atoms with Gasteiger partial charge in [0.1, 0.15) is 0 Å². The molecule has 0 aromatic heterocycles. The van der Waals surface area contributed by atoms with Crippen LogP contribution >= 0.6 is 21.6 Å². The highest BCUT2D eigenvalue weighted by molar-refractivity contribution is 8.77. The summed E-state index contributed by atoms with van der Waals surface area (Å²) in [5, 5.41) is 19.5. The summed E-state index contributed by atoms with van der Waals surface area (Å²) in [5.41, 5.74) is -2.58. The lowest BCUT2D eigenvalue weighted by Gasteiger charge is -2.00. The maximum Gasteiger partial charge on any atom is 0.266 e. The van der Waals surface area contributed by atoms with Crippen molar-refractivity contribution in [1.82, 2.24) is 5.32 Å². The summed E-state index contributed by atoms with van der Waals surface area (Å²) in [6.07, 6.45) is 0. The molecule has 5 nitrogen and oxygen atoms in total. The first-order chi connectivity index (χ1) is 5.11. The smallest absolute Gasteiger partial charge is 0.266 e. The maximum absolute atomic E-state index is 10.6. The number of aliphatic hydroxyl groups excluding tert-OH is 2. The Labute approximate surface area is 69.9 Å². The van der Waals surface area contributed by atoms with E-state index in [0.29, 0.717) is 0 Å². The van der Waals surface area contributed by atoms with Gasteiger partial charge in [0.25, 0.3) is 11.8 Å². The molecule has 7 heteroatoms. The zero-order valence-corrected chi connectivity index (χ0v) is 6.82. The summed E-state index contributed by atoms with van der Waals surface area (Å²) in [4.78, 5) is 21.3. The Morgan fingerprint density at radius 3 is 1.82 bits per heavy atom. The SMILES string of the molecule is O=C1NC(=O)C(O)SSC1O. The van der Waals surface area contributed by atoms with Gasteiger partial charge in [-0.15, -0.1) is 0 Å². The fraction of sp³-hybridized carbons (Fsp3) is 0.500. The molecule has 1 heterocycles. The molecule has 1 rings (SSSR count). The monoisotopic (exact) mass is 195 g/mol. The Morgan fingerprint density at radius 2 is 1.45 bits per heavy atom. The second-order valence-corrected chi connectivity index (χ2v) is 4.18. The Kier molecular flexibility index (Phi) is 2.77.